The normalized spacial score (nSPS) is 12.1. The van der Waals surface area contributed by atoms with Crippen LogP contribution < -0.4 is 5.32 Å². The van der Waals surface area contributed by atoms with E-state index in [0.717, 1.165) is 16.2 Å². The van der Waals surface area contributed by atoms with Gasteiger partial charge < -0.3 is 14.8 Å². The molecule has 0 fully saturated rings. The number of thiophene rings is 1. The number of hydrogen-bond donors (Lipinski definition) is 2. The molecule has 0 aliphatic carbocycles. The molecular formula is C15H17NO4S. The van der Waals surface area contributed by atoms with Crippen LogP contribution in [0.5, 0.6) is 0 Å². The van der Waals surface area contributed by atoms with Crippen molar-refractivity contribution in [1.29, 1.82) is 0 Å². The fourth-order valence-electron chi connectivity index (χ4n) is 2.06. The number of aliphatic carboxylic acids is 1. The lowest BCUT2D eigenvalue weighted by Gasteiger charge is -2.14. The average molecular weight is 307 g/mol. The van der Waals surface area contributed by atoms with Crippen LogP contribution in [0.4, 0.5) is 0 Å². The maximum atomic E-state index is 12.3. The highest BCUT2D eigenvalue weighted by Gasteiger charge is 2.22. The van der Waals surface area contributed by atoms with Crippen LogP contribution >= 0.6 is 11.3 Å². The van der Waals surface area contributed by atoms with Crippen molar-refractivity contribution in [1.82, 2.24) is 5.32 Å². The molecule has 21 heavy (non-hydrogen) atoms. The van der Waals surface area contributed by atoms with Gasteiger partial charge in [0.25, 0.3) is 5.91 Å². The predicted octanol–water partition coefficient (Wildman–Crippen LogP) is 3.16. The molecule has 2 rings (SSSR count). The molecule has 0 radical (unpaired) electrons. The zero-order chi connectivity index (χ0) is 15.4. The quantitative estimate of drug-likeness (QED) is 0.859. The Balaban J connectivity index is 2.17. The van der Waals surface area contributed by atoms with E-state index in [2.05, 4.69) is 5.32 Å². The molecule has 0 aliphatic heterocycles. The first-order chi connectivity index (χ1) is 10.0. The number of rotatable bonds is 6. The molecule has 2 aromatic heterocycles. The van der Waals surface area contributed by atoms with Crippen molar-refractivity contribution in [2.45, 2.75) is 32.7 Å². The zero-order valence-corrected chi connectivity index (χ0v) is 12.7. The maximum Gasteiger partial charge on any atom is 0.305 e. The van der Waals surface area contributed by atoms with Crippen molar-refractivity contribution in [3.63, 3.8) is 0 Å². The summed E-state index contributed by atoms with van der Waals surface area (Å²) in [5, 5.41) is 13.6. The van der Waals surface area contributed by atoms with E-state index in [1.807, 2.05) is 30.5 Å². The van der Waals surface area contributed by atoms with Gasteiger partial charge in [-0.1, -0.05) is 13.0 Å². The molecular weight excluding hydrogens is 290 g/mol. The minimum atomic E-state index is -0.959. The van der Waals surface area contributed by atoms with Gasteiger partial charge in [-0.2, -0.15) is 0 Å². The average Bonchev–Trinajstić information content (AvgIpc) is 3.06. The fraction of sp³-hybridized carbons (Fsp3) is 0.333. The number of carbonyl (C=O) groups excluding carboxylic acids is 1. The highest BCUT2D eigenvalue weighted by molar-refractivity contribution is 7.10. The van der Waals surface area contributed by atoms with Crippen LogP contribution in [-0.4, -0.2) is 17.0 Å². The lowest BCUT2D eigenvalue weighted by Crippen LogP contribution is -2.29. The fourth-order valence-corrected chi connectivity index (χ4v) is 2.84. The van der Waals surface area contributed by atoms with E-state index in [9.17, 15) is 9.59 Å². The highest BCUT2D eigenvalue weighted by atomic mass is 32.1. The molecule has 2 N–H and O–H groups in total. The monoisotopic (exact) mass is 307 g/mol. The number of aryl methyl sites for hydroxylation is 2. The van der Waals surface area contributed by atoms with E-state index in [1.54, 1.807) is 6.92 Å². The van der Waals surface area contributed by atoms with Gasteiger partial charge >= 0.3 is 5.97 Å². The molecule has 112 valence electrons. The van der Waals surface area contributed by atoms with Crippen LogP contribution in [0.25, 0.3) is 0 Å². The number of furan rings is 1. The molecule has 2 aromatic rings. The Kier molecular flexibility index (Phi) is 4.80. The van der Waals surface area contributed by atoms with Crippen LogP contribution in [0.2, 0.25) is 0 Å². The number of carboxylic acid groups (broad SMARTS) is 1. The summed E-state index contributed by atoms with van der Waals surface area (Å²) in [7, 11) is 0. The second-order valence-electron chi connectivity index (χ2n) is 4.72. The van der Waals surface area contributed by atoms with Crippen LogP contribution in [0.15, 0.2) is 28.0 Å². The zero-order valence-electron chi connectivity index (χ0n) is 11.9. The van der Waals surface area contributed by atoms with Crippen molar-refractivity contribution < 1.29 is 19.1 Å². The summed E-state index contributed by atoms with van der Waals surface area (Å²) in [5.74, 6) is -0.353. The van der Waals surface area contributed by atoms with Crippen LogP contribution in [-0.2, 0) is 11.2 Å². The third-order valence-corrected chi connectivity index (χ3v) is 4.08. The number of hydrogen-bond acceptors (Lipinski definition) is 4. The Morgan fingerprint density at radius 2 is 2.24 bits per heavy atom. The van der Waals surface area contributed by atoms with Gasteiger partial charge in [0, 0.05) is 16.9 Å². The second kappa shape index (κ2) is 6.58. The molecule has 1 atom stereocenters. The molecule has 0 aliphatic rings. The van der Waals surface area contributed by atoms with Crippen molar-refractivity contribution >= 4 is 23.2 Å². The molecule has 2 heterocycles. The third-order valence-electron chi connectivity index (χ3n) is 3.09. The minimum Gasteiger partial charge on any atom is -0.481 e. The Labute approximate surface area is 126 Å². The van der Waals surface area contributed by atoms with Gasteiger partial charge in [0.15, 0.2) is 5.76 Å². The van der Waals surface area contributed by atoms with Crippen molar-refractivity contribution in [2.75, 3.05) is 0 Å². The summed E-state index contributed by atoms with van der Waals surface area (Å²) in [6, 6.07) is 4.91. The molecule has 1 unspecified atom stereocenters. The van der Waals surface area contributed by atoms with E-state index >= 15 is 0 Å². The van der Waals surface area contributed by atoms with Gasteiger partial charge in [0.2, 0.25) is 0 Å². The highest BCUT2D eigenvalue weighted by Crippen LogP contribution is 2.23. The number of carboxylic acids is 1. The van der Waals surface area contributed by atoms with E-state index in [0.29, 0.717) is 6.42 Å². The Morgan fingerprint density at radius 1 is 1.48 bits per heavy atom. The first-order valence-electron chi connectivity index (χ1n) is 6.66. The number of carbonyl (C=O) groups is 2. The largest absolute Gasteiger partial charge is 0.481 e. The van der Waals surface area contributed by atoms with E-state index in [4.69, 9.17) is 9.52 Å². The smallest absolute Gasteiger partial charge is 0.305 e. The molecule has 5 nitrogen and oxygen atoms in total. The Bertz CT molecular complexity index is 630. The number of amides is 1. The Hall–Kier alpha value is -2.08. The van der Waals surface area contributed by atoms with E-state index in [-0.39, 0.29) is 18.1 Å². The first-order valence-corrected chi connectivity index (χ1v) is 7.54. The van der Waals surface area contributed by atoms with Gasteiger partial charge in [0.1, 0.15) is 5.76 Å². The van der Waals surface area contributed by atoms with Crippen LogP contribution in [0, 0.1) is 6.92 Å². The lowest BCUT2D eigenvalue weighted by molar-refractivity contribution is -0.137. The van der Waals surface area contributed by atoms with Crippen molar-refractivity contribution in [2.24, 2.45) is 0 Å². The summed E-state index contributed by atoms with van der Waals surface area (Å²) in [4.78, 5) is 24.1. The van der Waals surface area contributed by atoms with Crippen LogP contribution in [0.3, 0.4) is 0 Å². The number of nitrogens with one attached hydrogen (secondary N) is 1. The molecule has 0 saturated carbocycles. The van der Waals surface area contributed by atoms with Crippen molar-refractivity contribution in [3.05, 3.63) is 45.5 Å². The molecule has 0 aromatic carbocycles. The Morgan fingerprint density at radius 3 is 2.76 bits per heavy atom. The molecule has 6 heteroatoms. The van der Waals surface area contributed by atoms with Crippen molar-refractivity contribution in [3.8, 4) is 0 Å². The minimum absolute atomic E-state index is 0.160. The predicted molar refractivity (Wildman–Crippen MR) is 79.6 cm³/mol. The summed E-state index contributed by atoms with van der Waals surface area (Å²) in [6.07, 6.45) is 0.546. The maximum absolute atomic E-state index is 12.3. The summed E-state index contributed by atoms with van der Waals surface area (Å²) >= 11 is 1.42. The van der Waals surface area contributed by atoms with Gasteiger partial charge in [0.05, 0.1) is 12.5 Å². The first kappa shape index (κ1) is 15.3. The summed E-state index contributed by atoms with van der Waals surface area (Å²) in [5.41, 5.74) is 0.754. The van der Waals surface area contributed by atoms with Gasteiger partial charge in [-0.05, 0) is 24.4 Å². The van der Waals surface area contributed by atoms with Gasteiger partial charge in [-0.25, -0.2) is 0 Å². The van der Waals surface area contributed by atoms with E-state index in [1.165, 1.54) is 11.3 Å². The third kappa shape index (κ3) is 3.72. The lowest BCUT2D eigenvalue weighted by atomic mass is 10.1. The van der Waals surface area contributed by atoms with E-state index < -0.39 is 12.0 Å². The molecule has 0 spiro atoms. The summed E-state index contributed by atoms with van der Waals surface area (Å²) < 4.78 is 5.49. The molecule has 0 saturated heterocycles. The SMILES string of the molecule is CCc1cc(C)c(C(=O)NC(CC(=O)O)c2cccs2)o1. The molecule has 0 bridgehead atoms. The van der Waals surface area contributed by atoms with Gasteiger partial charge in [-0.3, -0.25) is 9.59 Å². The second-order valence-corrected chi connectivity index (χ2v) is 5.70. The van der Waals surface area contributed by atoms with Gasteiger partial charge in [-0.15, -0.1) is 11.3 Å². The molecule has 1 amide bonds. The summed E-state index contributed by atoms with van der Waals surface area (Å²) in [6.45, 7) is 3.74. The van der Waals surface area contributed by atoms with Crippen LogP contribution in [0.1, 0.15) is 46.1 Å². The topological polar surface area (TPSA) is 79.5 Å². The standard InChI is InChI=1S/C15H17NO4S/c1-3-10-7-9(2)14(20-10)15(19)16-11(8-13(17)18)12-5-4-6-21-12/h4-7,11H,3,8H2,1-2H3,(H,16,19)(H,17,18).